The molecule has 1 aliphatic carbocycles. The van der Waals surface area contributed by atoms with Crippen molar-refractivity contribution in [3.8, 4) is 23.3 Å². The van der Waals surface area contributed by atoms with E-state index in [4.69, 9.17) is 19.5 Å². The van der Waals surface area contributed by atoms with Gasteiger partial charge in [-0.25, -0.2) is 4.79 Å². The lowest BCUT2D eigenvalue weighted by atomic mass is 10.0. The predicted octanol–water partition coefficient (Wildman–Crippen LogP) is 1.84. The molecule has 3 rings (SSSR count). The number of phenols is 1. The highest BCUT2D eigenvalue weighted by Crippen LogP contribution is 2.36. The van der Waals surface area contributed by atoms with E-state index in [1.807, 2.05) is 6.07 Å². The van der Waals surface area contributed by atoms with Crippen molar-refractivity contribution in [2.24, 2.45) is 0 Å². The minimum atomic E-state index is -0.623. The van der Waals surface area contributed by atoms with Gasteiger partial charge in [-0.1, -0.05) is 0 Å². The molecule has 1 heterocycles. The van der Waals surface area contributed by atoms with Gasteiger partial charge in [-0.05, 0) is 19.3 Å². The van der Waals surface area contributed by atoms with Crippen LogP contribution in [0.3, 0.4) is 0 Å². The number of alkyl carbamates (subject to hydrolysis) is 1. The number of nitriles is 1. The fraction of sp³-hybridized carbons (Fsp3) is 0.381. The molecule has 33 heavy (non-hydrogen) atoms. The fourth-order valence-corrected chi connectivity index (χ4v) is 3.51. The van der Waals surface area contributed by atoms with Gasteiger partial charge in [-0.3, -0.25) is 14.7 Å². The third kappa shape index (κ3) is 6.13. The van der Waals surface area contributed by atoms with Crippen LogP contribution in [0.5, 0.6) is 17.2 Å². The van der Waals surface area contributed by atoms with Crippen molar-refractivity contribution < 1.29 is 33.7 Å². The number of nitrogens with zero attached hydrogens (tertiary/aromatic N) is 2. The summed E-state index contributed by atoms with van der Waals surface area (Å²) in [5.41, 5.74) is 0.695. The first-order valence-corrected chi connectivity index (χ1v) is 10.1. The van der Waals surface area contributed by atoms with Gasteiger partial charge in [0.1, 0.15) is 29.9 Å². The number of rotatable bonds is 9. The van der Waals surface area contributed by atoms with Crippen LogP contribution >= 0.6 is 0 Å². The van der Waals surface area contributed by atoms with E-state index >= 15 is 0 Å². The highest BCUT2D eigenvalue weighted by Gasteiger charge is 2.30. The molecule has 0 radical (unpaired) electrons. The third-order valence-corrected chi connectivity index (χ3v) is 5.08. The first-order chi connectivity index (χ1) is 15.9. The number of benzene rings is 1. The van der Waals surface area contributed by atoms with Crippen molar-refractivity contribution in [2.75, 3.05) is 25.6 Å². The number of methoxy groups -OCH3 is 1. The zero-order valence-corrected chi connectivity index (χ0v) is 17.8. The quantitative estimate of drug-likeness (QED) is 0.323. The lowest BCUT2D eigenvalue weighted by molar-refractivity contribution is -0.118. The van der Waals surface area contributed by atoms with Crippen LogP contribution in [0.15, 0.2) is 18.2 Å². The van der Waals surface area contributed by atoms with E-state index in [0.717, 1.165) is 12.1 Å². The normalized spacial score (nSPS) is 17.0. The Kier molecular flexibility index (Phi) is 7.69. The topological polar surface area (TPSA) is 176 Å². The first-order valence-electron chi connectivity index (χ1n) is 10.1. The molecule has 2 atom stereocenters. The molecular formula is C21H23N5O7. The number of nitrogens with one attached hydrogen (secondary N) is 3. The van der Waals surface area contributed by atoms with Crippen LogP contribution in [-0.2, 0) is 9.53 Å². The van der Waals surface area contributed by atoms with E-state index < -0.39 is 18.6 Å². The number of hydrogen-bond donors (Lipinski definition) is 4. The van der Waals surface area contributed by atoms with Gasteiger partial charge in [0.25, 0.3) is 5.91 Å². The van der Waals surface area contributed by atoms with Crippen molar-refractivity contribution >= 4 is 24.1 Å². The Morgan fingerprint density at radius 1 is 1.36 bits per heavy atom. The first kappa shape index (κ1) is 23.4. The van der Waals surface area contributed by atoms with Crippen LogP contribution < -0.4 is 20.1 Å². The van der Waals surface area contributed by atoms with Crippen LogP contribution in [0.1, 0.15) is 41.2 Å². The van der Waals surface area contributed by atoms with E-state index in [9.17, 15) is 19.5 Å². The molecule has 4 N–H and O–H groups in total. The third-order valence-electron chi connectivity index (χ3n) is 5.08. The van der Waals surface area contributed by atoms with Crippen molar-refractivity contribution in [3.63, 3.8) is 0 Å². The average Bonchev–Trinajstić information content (AvgIpc) is 3.45. The van der Waals surface area contributed by atoms with Gasteiger partial charge >= 0.3 is 6.09 Å². The molecule has 1 aromatic heterocycles. The van der Waals surface area contributed by atoms with Crippen LogP contribution in [0.25, 0.3) is 0 Å². The van der Waals surface area contributed by atoms with Crippen LogP contribution in [0.2, 0.25) is 0 Å². The summed E-state index contributed by atoms with van der Waals surface area (Å²) >= 11 is 0. The number of aromatic nitrogens is 2. The number of aldehydes is 1. The molecule has 0 saturated heterocycles. The van der Waals surface area contributed by atoms with E-state index in [1.54, 1.807) is 6.07 Å². The predicted molar refractivity (Wildman–Crippen MR) is 113 cm³/mol. The maximum Gasteiger partial charge on any atom is 0.408 e. The summed E-state index contributed by atoms with van der Waals surface area (Å²) in [4.78, 5) is 35.0. The highest BCUT2D eigenvalue weighted by atomic mass is 16.6. The second-order valence-electron chi connectivity index (χ2n) is 7.27. The molecule has 1 aliphatic rings. The zero-order chi connectivity index (χ0) is 23.8. The summed E-state index contributed by atoms with van der Waals surface area (Å²) in [5.74, 6) is -0.198. The molecule has 0 spiro atoms. The van der Waals surface area contributed by atoms with E-state index in [1.165, 1.54) is 19.2 Å². The summed E-state index contributed by atoms with van der Waals surface area (Å²) in [6.07, 6.45) is 1.56. The largest absolute Gasteiger partial charge is 0.507 e. The summed E-state index contributed by atoms with van der Waals surface area (Å²) in [6, 6.07) is 6.15. The molecule has 2 aromatic rings. The van der Waals surface area contributed by atoms with Gasteiger partial charge in [0.15, 0.2) is 18.7 Å². The van der Waals surface area contributed by atoms with Gasteiger partial charge in [-0.2, -0.15) is 10.4 Å². The number of anilines is 1. The van der Waals surface area contributed by atoms with Gasteiger partial charge in [0, 0.05) is 29.8 Å². The number of amides is 2. The second-order valence-corrected chi connectivity index (χ2v) is 7.27. The van der Waals surface area contributed by atoms with E-state index in [2.05, 4.69) is 20.8 Å². The molecule has 1 fully saturated rings. The van der Waals surface area contributed by atoms with Gasteiger partial charge in [0.2, 0.25) is 0 Å². The molecule has 12 nitrogen and oxygen atoms in total. The Labute approximate surface area is 188 Å². The number of hydrogen-bond acceptors (Lipinski definition) is 9. The highest BCUT2D eigenvalue weighted by molar-refractivity contribution is 5.91. The Morgan fingerprint density at radius 2 is 2.18 bits per heavy atom. The lowest BCUT2D eigenvalue weighted by Gasteiger charge is -2.12. The number of carbonyl (C=O) groups excluding carboxylic acids is 3. The van der Waals surface area contributed by atoms with Crippen molar-refractivity contribution in [1.29, 1.82) is 5.26 Å². The summed E-state index contributed by atoms with van der Waals surface area (Å²) in [7, 11) is 1.39. The number of ether oxygens (including phenoxy) is 3. The van der Waals surface area contributed by atoms with Crippen LogP contribution in [0, 0.1) is 11.3 Å². The Bertz CT molecular complexity index is 1060. The number of H-pyrrole nitrogens is 1. The number of aromatic amines is 1. The Morgan fingerprint density at radius 3 is 2.91 bits per heavy atom. The fourth-order valence-electron chi connectivity index (χ4n) is 3.51. The molecule has 0 bridgehead atoms. The molecule has 2 amide bonds. The van der Waals surface area contributed by atoms with Crippen LogP contribution in [0.4, 0.5) is 10.6 Å². The minimum Gasteiger partial charge on any atom is -0.507 e. The molecule has 1 aromatic carbocycles. The maximum absolute atomic E-state index is 12.3. The van der Waals surface area contributed by atoms with E-state index in [-0.39, 0.29) is 41.4 Å². The molecule has 12 heteroatoms. The van der Waals surface area contributed by atoms with Gasteiger partial charge in [-0.15, -0.1) is 0 Å². The summed E-state index contributed by atoms with van der Waals surface area (Å²) in [6.45, 7) is -0.537. The molecular weight excluding hydrogens is 434 g/mol. The summed E-state index contributed by atoms with van der Waals surface area (Å²) in [5, 5.41) is 30.2. The SMILES string of the molecule is COc1cc(O)c(C=O)c(OCC(=O)Nc2cc([C@H]3CC[C@@H](OC(=O)NCC#N)C3)[nH]n2)c1. The summed E-state index contributed by atoms with van der Waals surface area (Å²) < 4.78 is 15.7. The second kappa shape index (κ2) is 10.9. The minimum absolute atomic E-state index is 0.00974. The Balaban J connectivity index is 1.51. The number of phenolic OH excluding ortho intramolecular Hbond substituents is 1. The van der Waals surface area contributed by atoms with E-state index in [0.29, 0.717) is 24.9 Å². The smallest absolute Gasteiger partial charge is 0.408 e. The van der Waals surface area contributed by atoms with Crippen molar-refractivity contribution in [3.05, 3.63) is 29.5 Å². The van der Waals surface area contributed by atoms with Crippen molar-refractivity contribution in [2.45, 2.75) is 31.3 Å². The zero-order valence-electron chi connectivity index (χ0n) is 17.8. The Hall–Kier alpha value is -4.27. The van der Waals surface area contributed by atoms with Gasteiger partial charge in [0.05, 0.1) is 18.7 Å². The standard InChI is InChI=1S/C21H23N5O7/c1-31-14-7-17(28)15(10-27)18(8-14)32-11-20(29)24-19-9-16(25-26-19)12-2-3-13(6-12)33-21(30)23-5-4-22/h7-10,12-13,28H,2-3,5-6,11H2,1H3,(H,23,30)(H2,24,25,26,29)/t12-,13+/m0/s1. The van der Waals surface area contributed by atoms with Crippen molar-refractivity contribution in [1.82, 2.24) is 15.5 Å². The molecule has 1 saturated carbocycles. The van der Waals surface area contributed by atoms with Crippen LogP contribution in [-0.4, -0.2) is 60.0 Å². The lowest BCUT2D eigenvalue weighted by Crippen LogP contribution is -2.28. The molecule has 174 valence electrons. The monoisotopic (exact) mass is 457 g/mol. The average molecular weight is 457 g/mol. The molecule has 0 unspecified atom stereocenters. The number of aromatic hydroxyl groups is 1. The molecule has 0 aliphatic heterocycles. The number of carbonyl (C=O) groups is 3. The van der Waals surface area contributed by atoms with Gasteiger partial charge < -0.3 is 30.0 Å². The maximum atomic E-state index is 12.3.